The van der Waals surface area contributed by atoms with Crippen molar-refractivity contribution in [2.45, 2.75) is 32.4 Å². The van der Waals surface area contributed by atoms with Crippen molar-refractivity contribution in [1.29, 1.82) is 0 Å². The smallest absolute Gasteiger partial charge is 0.270 e. The van der Waals surface area contributed by atoms with Crippen molar-refractivity contribution >= 4 is 22.5 Å². The zero-order valence-electron chi connectivity index (χ0n) is 12.4. The number of ether oxygens (including phenoxy) is 1. The van der Waals surface area contributed by atoms with Gasteiger partial charge in [0, 0.05) is 23.1 Å². The quantitative estimate of drug-likeness (QED) is 0.833. The van der Waals surface area contributed by atoms with Gasteiger partial charge in [-0.05, 0) is 37.6 Å². The molecule has 1 aliphatic heterocycles. The fraction of sp³-hybridized carbons (Fsp3) is 0.438. The van der Waals surface area contributed by atoms with Gasteiger partial charge in [-0.3, -0.25) is 4.79 Å². The molecule has 3 N–H and O–H groups in total. The first-order chi connectivity index (χ1) is 10.1. The average Bonchev–Trinajstić information content (AvgIpc) is 2.89. The van der Waals surface area contributed by atoms with Crippen LogP contribution in [0.15, 0.2) is 24.3 Å². The number of hydrogen-bond donors (Lipinski definition) is 2. The Morgan fingerprint density at radius 3 is 3.05 bits per heavy atom. The molecular formula is C16H21N3O2. The third kappa shape index (κ3) is 2.61. The van der Waals surface area contributed by atoms with E-state index in [-0.39, 0.29) is 18.1 Å². The Bertz CT molecular complexity index is 665. The maximum Gasteiger partial charge on any atom is 0.270 e. The topological polar surface area (TPSA) is 71.3 Å². The number of carbonyl (C=O) groups excluding carboxylic acids is 1. The van der Waals surface area contributed by atoms with E-state index in [1.165, 1.54) is 0 Å². The van der Waals surface area contributed by atoms with Crippen LogP contribution in [0.4, 0.5) is 5.69 Å². The molecule has 1 aromatic carbocycles. The number of nitrogen functional groups attached to an aromatic ring is 1. The zero-order valence-corrected chi connectivity index (χ0v) is 12.4. The van der Waals surface area contributed by atoms with Crippen LogP contribution >= 0.6 is 0 Å². The molecule has 0 aliphatic carbocycles. The summed E-state index contributed by atoms with van der Waals surface area (Å²) in [7, 11) is 0. The highest BCUT2D eigenvalue weighted by Crippen LogP contribution is 2.22. The number of hydrogen-bond acceptors (Lipinski definition) is 3. The van der Waals surface area contributed by atoms with Gasteiger partial charge < -0.3 is 20.4 Å². The Hall–Kier alpha value is -2.01. The number of aromatic amines is 1. The molecule has 0 bridgehead atoms. The van der Waals surface area contributed by atoms with E-state index < -0.39 is 0 Å². The van der Waals surface area contributed by atoms with Gasteiger partial charge in [0.05, 0.1) is 18.8 Å². The van der Waals surface area contributed by atoms with Gasteiger partial charge in [0.15, 0.2) is 0 Å². The largest absolute Gasteiger partial charge is 0.399 e. The highest BCUT2D eigenvalue weighted by Gasteiger charge is 2.30. The van der Waals surface area contributed by atoms with Crippen molar-refractivity contribution in [3.8, 4) is 0 Å². The number of morpholine rings is 1. The van der Waals surface area contributed by atoms with E-state index >= 15 is 0 Å². The number of rotatable bonds is 2. The second kappa shape index (κ2) is 5.41. The maximum atomic E-state index is 12.8. The molecule has 1 fully saturated rings. The molecule has 1 saturated heterocycles. The molecule has 21 heavy (non-hydrogen) atoms. The van der Waals surface area contributed by atoms with Crippen LogP contribution in [0.5, 0.6) is 0 Å². The van der Waals surface area contributed by atoms with Crippen molar-refractivity contribution in [3.05, 3.63) is 30.0 Å². The van der Waals surface area contributed by atoms with E-state index in [1.54, 1.807) is 0 Å². The van der Waals surface area contributed by atoms with Gasteiger partial charge in [-0.2, -0.15) is 0 Å². The van der Waals surface area contributed by atoms with Gasteiger partial charge in [0.1, 0.15) is 5.69 Å². The van der Waals surface area contributed by atoms with E-state index in [0.29, 0.717) is 24.5 Å². The third-order valence-electron chi connectivity index (χ3n) is 4.08. The Labute approximate surface area is 124 Å². The minimum absolute atomic E-state index is 0.0340. The summed E-state index contributed by atoms with van der Waals surface area (Å²) in [4.78, 5) is 17.9. The van der Waals surface area contributed by atoms with E-state index in [2.05, 4.69) is 11.9 Å². The molecule has 2 unspecified atom stereocenters. The van der Waals surface area contributed by atoms with Gasteiger partial charge in [-0.25, -0.2) is 0 Å². The van der Waals surface area contributed by atoms with Crippen LogP contribution < -0.4 is 5.73 Å². The number of fused-ring (bicyclic) bond motifs is 1. The Balaban J connectivity index is 1.91. The normalized spacial score (nSPS) is 22.7. The Morgan fingerprint density at radius 2 is 2.29 bits per heavy atom. The summed E-state index contributed by atoms with van der Waals surface area (Å²) < 4.78 is 5.65. The molecule has 3 rings (SSSR count). The molecule has 2 aromatic rings. The molecule has 2 heterocycles. The number of nitrogens with one attached hydrogen (secondary N) is 1. The minimum atomic E-state index is 0.0340. The summed E-state index contributed by atoms with van der Waals surface area (Å²) in [5.41, 5.74) is 8.04. The van der Waals surface area contributed by atoms with Gasteiger partial charge in [-0.1, -0.05) is 6.92 Å². The number of benzene rings is 1. The molecular weight excluding hydrogens is 266 g/mol. The van der Waals surface area contributed by atoms with E-state index in [0.717, 1.165) is 17.3 Å². The lowest BCUT2D eigenvalue weighted by Crippen LogP contribution is -2.51. The number of anilines is 1. The Morgan fingerprint density at radius 1 is 1.48 bits per heavy atom. The lowest BCUT2D eigenvalue weighted by atomic mass is 10.1. The number of nitrogens with zero attached hydrogens (tertiary/aromatic N) is 1. The summed E-state index contributed by atoms with van der Waals surface area (Å²) in [5, 5.41) is 0.965. The number of nitrogens with two attached hydrogens (primary N) is 1. The molecule has 112 valence electrons. The molecule has 1 aliphatic rings. The number of H-pyrrole nitrogens is 1. The fourth-order valence-corrected chi connectivity index (χ4v) is 2.85. The molecule has 1 amide bonds. The first kappa shape index (κ1) is 13.9. The SMILES string of the molecule is CCC1COC(C)CN1C(=O)c1cc2cc(N)ccc2[nH]1. The van der Waals surface area contributed by atoms with Crippen LogP contribution in [0.25, 0.3) is 10.9 Å². The van der Waals surface area contributed by atoms with E-state index in [9.17, 15) is 4.79 Å². The van der Waals surface area contributed by atoms with E-state index in [4.69, 9.17) is 10.5 Å². The molecule has 2 atom stereocenters. The lowest BCUT2D eigenvalue weighted by molar-refractivity contribution is -0.0445. The maximum absolute atomic E-state index is 12.8. The van der Waals surface area contributed by atoms with Crippen molar-refractivity contribution < 1.29 is 9.53 Å². The average molecular weight is 287 g/mol. The highest BCUT2D eigenvalue weighted by molar-refractivity contribution is 5.98. The van der Waals surface area contributed by atoms with Gasteiger partial charge in [0.2, 0.25) is 0 Å². The van der Waals surface area contributed by atoms with Crippen LogP contribution in [0.2, 0.25) is 0 Å². The van der Waals surface area contributed by atoms with Gasteiger partial charge in [0.25, 0.3) is 5.91 Å². The summed E-state index contributed by atoms with van der Waals surface area (Å²) >= 11 is 0. The predicted molar refractivity (Wildman–Crippen MR) is 83.2 cm³/mol. The molecule has 5 heteroatoms. The first-order valence-electron chi connectivity index (χ1n) is 7.39. The highest BCUT2D eigenvalue weighted by atomic mass is 16.5. The van der Waals surface area contributed by atoms with Gasteiger partial charge in [-0.15, -0.1) is 0 Å². The van der Waals surface area contributed by atoms with Crippen molar-refractivity contribution in [2.75, 3.05) is 18.9 Å². The zero-order chi connectivity index (χ0) is 15.0. The van der Waals surface area contributed by atoms with Crippen molar-refractivity contribution in [3.63, 3.8) is 0 Å². The summed E-state index contributed by atoms with van der Waals surface area (Å²) in [6, 6.07) is 7.63. The molecule has 0 saturated carbocycles. The van der Waals surface area contributed by atoms with Crippen molar-refractivity contribution in [2.24, 2.45) is 0 Å². The number of carbonyl (C=O) groups is 1. The third-order valence-corrected chi connectivity index (χ3v) is 4.08. The predicted octanol–water partition coefficient (Wildman–Crippen LogP) is 2.39. The van der Waals surface area contributed by atoms with Crippen LogP contribution in [0.3, 0.4) is 0 Å². The molecule has 5 nitrogen and oxygen atoms in total. The monoisotopic (exact) mass is 287 g/mol. The molecule has 0 radical (unpaired) electrons. The van der Waals surface area contributed by atoms with E-state index in [1.807, 2.05) is 36.1 Å². The second-order valence-corrected chi connectivity index (χ2v) is 5.69. The molecule has 1 aromatic heterocycles. The molecule has 0 spiro atoms. The van der Waals surface area contributed by atoms with Crippen molar-refractivity contribution in [1.82, 2.24) is 9.88 Å². The lowest BCUT2D eigenvalue weighted by Gasteiger charge is -2.38. The number of aromatic nitrogens is 1. The van der Waals surface area contributed by atoms with Gasteiger partial charge >= 0.3 is 0 Å². The second-order valence-electron chi connectivity index (χ2n) is 5.69. The van der Waals surface area contributed by atoms with Crippen LogP contribution in [0, 0.1) is 0 Å². The number of amides is 1. The standard InChI is InChI=1S/C16H21N3O2/c1-3-13-9-21-10(2)8-19(13)16(20)15-7-11-6-12(17)4-5-14(11)18-15/h4-7,10,13,18H,3,8-9,17H2,1-2H3. The van der Waals surface area contributed by atoms with Crippen LogP contribution in [0.1, 0.15) is 30.8 Å². The minimum Gasteiger partial charge on any atom is -0.399 e. The fourth-order valence-electron chi connectivity index (χ4n) is 2.85. The van der Waals surface area contributed by atoms with Crippen LogP contribution in [-0.4, -0.2) is 41.1 Å². The van der Waals surface area contributed by atoms with Crippen LogP contribution in [-0.2, 0) is 4.74 Å². The summed E-state index contributed by atoms with van der Waals surface area (Å²) in [6.45, 7) is 5.32. The summed E-state index contributed by atoms with van der Waals surface area (Å²) in [6.07, 6.45) is 0.975. The Kier molecular flexibility index (Phi) is 3.59. The summed E-state index contributed by atoms with van der Waals surface area (Å²) in [5.74, 6) is 0.0340. The first-order valence-corrected chi connectivity index (χ1v) is 7.39.